The fraction of sp³-hybridized carbons (Fsp3) is 0.667. The van der Waals surface area contributed by atoms with Crippen LogP contribution in [0.5, 0.6) is 0 Å². The second kappa shape index (κ2) is 13.1. The molecule has 0 aliphatic heterocycles. The molecule has 22 heavy (non-hydrogen) atoms. The van der Waals surface area contributed by atoms with Crippen molar-refractivity contribution in [1.82, 2.24) is 9.80 Å². The molecule has 0 heterocycles. The van der Waals surface area contributed by atoms with Crippen LogP contribution in [0.15, 0.2) is 24.3 Å². The van der Waals surface area contributed by atoms with Gasteiger partial charge < -0.3 is 9.80 Å². The molecule has 4 heteroatoms. The number of carbonyl (C=O) groups excluding carboxylic acids is 2. The van der Waals surface area contributed by atoms with E-state index in [9.17, 15) is 9.59 Å². The molecule has 0 spiro atoms. The van der Waals surface area contributed by atoms with Crippen LogP contribution in [0.4, 0.5) is 0 Å². The molecule has 126 valence electrons. The highest BCUT2D eigenvalue weighted by molar-refractivity contribution is 6.34. The second-order valence-electron chi connectivity index (χ2n) is 5.80. The van der Waals surface area contributed by atoms with Crippen molar-refractivity contribution in [3.63, 3.8) is 0 Å². The fourth-order valence-electron chi connectivity index (χ4n) is 1.95. The Morgan fingerprint density at radius 3 is 2.05 bits per heavy atom. The van der Waals surface area contributed by atoms with Crippen LogP contribution in [0.25, 0.3) is 0 Å². The summed E-state index contributed by atoms with van der Waals surface area (Å²) in [5, 5.41) is 0. The molecule has 4 nitrogen and oxygen atoms in total. The number of amides is 2. The first-order chi connectivity index (χ1) is 10.5. The summed E-state index contributed by atoms with van der Waals surface area (Å²) in [6, 6.07) is 0. The number of hydrogen-bond donors (Lipinski definition) is 0. The molecule has 0 atom stereocenters. The zero-order valence-electron chi connectivity index (χ0n) is 14.7. The summed E-state index contributed by atoms with van der Waals surface area (Å²) in [5.41, 5.74) is 0. The van der Waals surface area contributed by atoms with E-state index in [4.69, 9.17) is 0 Å². The Labute approximate surface area is 135 Å². The third-order valence-corrected chi connectivity index (χ3v) is 3.42. The van der Waals surface area contributed by atoms with E-state index in [2.05, 4.69) is 13.0 Å². The van der Waals surface area contributed by atoms with Crippen molar-refractivity contribution < 1.29 is 9.59 Å². The summed E-state index contributed by atoms with van der Waals surface area (Å²) in [5.74, 6) is -0.972. The van der Waals surface area contributed by atoms with Gasteiger partial charge >= 0.3 is 11.8 Å². The van der Waals surface area contributed by atoms with Crippen LogP contribution < -0.4 is 0 Å². The topological polar surface area (TPSA) is 40.6 Å². The largest absolute Gasteiger partial charge is 0.341 e. The minimum Gasteiger partial charge on any atom is -0.341 e. The van der Waals surface area contributed by atoms with Gasteiger partial charge in [-0.15, -0.1) is 0 Å². The number of nitrogens with zero attached hydrogens (tertiary/aromatic N) is 2. The van der Waals surface area contributed by atoms with Gasteiger partial charge in [-0.3, -0.25) is 9.59 Å². The van der Waals surface area contributed by atoms with Crippen molar-refractivity contribution in [2.24, 2.45) is 0 Å². The van der Waals surface area contributed by atoms with E-state index in [1.165, 1.54) is 48.3 Å². The van der Waals surface area contributed by atoms with Gasteiger partial charge in [0.1, 0.15) is 0 Å². The molecule has 0 saturated carbocycles. The lowest BCUT2D eigenvalue weighted by Gasteiger charge is -2.16. The maximum atomic E-state index is 11.7. The molecule has 0 radical (unpaired) electrons. The van der Waals surface area contributed by atoms with E-state index in [0.29, 0.717) is 6.54 Å². The first kappa shape index (κ1) is 20.4. The SMILES string of the molecule is CCCCCCCCC=CC=CCN(C)C(=O)C(=O)N(C)C. The molecule has 0 N–H and O–H groups in total. The predicted molar refractivity (Wildman–Crippen MR) is 92.6 cm³/mol. The molecule has 0 rings (SSSR count). The van der Waals surface area contributed by atoms with Gasteiger partial charge in [0.2, 0.25) is 0 Å². The molecule has 0 unspecified atom stereocenters. The number of likely N-dealkylation sites (N-methyl/N-ethyl adjacent to an activating group) is 2. The predicted octanol–water partition coefficient (Wildman–Crippen LogP) is 3.40. The lowest BCUT2D eigenvalue weighted by atomic mass is 10.1. The quantitative estimate of drug-likeness (QED) is 0.352. The van der Waals surface area contributed by atoms with E-state index in [1.807, 2.05) is 18.2 Å². The molecule has 0 aliphatic carbocycles. The lowest BCUT2D eigenvalue weighted by Crippen LogP contribution is -2.40. The van der Waals surface area contributed by atoms with Gasteiger partial charge in [-0.2, -0.15) is 0 Å². The highest BCUT2D eigenvalue weighted by Crippen LogP contribution is 2.07. The highest BCUT2D eigenvalue weighted by atomic mass is 16.2. The van der Waals surface area contributed by atoms with Gasteiger partial charge in [0.15, 0.2) is 0 Å². The monoisotopic (exact) mass is 308 g/mol. The first-order valence-electron chi connectivity index (χ1n) is 8.29. The lowest BCUT2D eigenvalue weighted by molar-refractivity contribution is -0.149. The Hall–Kier alpha value is -1.58. The molecular weight excluding hydrogens is 276 g/mol. The summed E-state index contributed by atoms with van der Waals surface area (Å²) >= 11 is 0. The maximum absolute atomic E-state index is 11.7. The van der Waals surface area contributed by atoms with Crippen molar-refractivity contribution in [2.75, 3.05) is 27.7 Å². The van der Waals surface area contributed by atoms with Crippen molar-refractivity contribution in [2.45, 2.75) is 51.9 Å². The zero-order chi connectivity index (χ0) is 16.8. The summed E-state index contributed by atoms with van der Waals surface area (Å²) in [6.45, 7) is 2.68. The standard InChI is InChI=1S/C18H32N2O2/c1-5-6-7-8-9-10-11-12-13-14-15-16-20(4)18(22)17(21)19(2)3/h12-15H,5-11,16H2,1-4H3. The average Bonchev–Trinajstić information content (AvgIpc) is 2.50. The smallest absolute Gasteiger partial charge is 0.312 e. The number of carbonyl (C=O) groups is 2. The summed E-state index contributed by atoms with van der Waals surface area (Å²) < 4.78 is 0. The summed E-state index contributed by atoms with van der Waals surface area (Å²) in [4.78, 5) is 25.9. The molecule has 0 bridgehead atoms. The van der Waals surface area contributed by atoms with Crippen LogP contribution in [-0.4, -0.2) is 49.3 Å². The second-order valence-corrected chi connectivity index (χ2v) is 5.80. The highest BCUT2D eigenvalue weighted by Gasteiger charge is 2.18. The van der Waals surface area contributed by atoms with Crippen molar-refractivity contribution in [3.05, 3.63) is 24.3 Å². The van der Waals surface area contributed by atoms with Crippen LogP contribution in [0, 0.1) is 0 Å². The van der Waals surface area contributed by atoms with Crippen molar-refractivity contribution >= 4 is 11.8 Å². The van der Waals surface area contributed by atoms with Gasteiger partial charge in [0.05, 0.1) is 0 Å². The Morgan fingerprint density at radius 1 is 0.818 bits per heavy atom. The number of hydrogen-bond acceptors (Lipinski definition) is 2. The summed E-state index contributed by atoms with van der Waals surface area (Å²) in [6.07, 6.45) is 17.0. The molecular formula is C18H32N2O2. The Balaban J connectivity index is 3.74. The molecule has 0 saturated heterocycles. The maximum Gasteiger partial charge on any atom is 0.312 e. The van der Waals surface area contributed by atoms with E-state index < -0.39 is 11.8 Å². The van der Waals surface area contributed by atoms with Crippen LogP contribution in [-0.2, 0) is 9.59 Å². The van der Waals surface area contributed by atoms with E-state index in [0.717, 1.165) is 6.42 Å². The first-order valence-corrected chi connectivity index (χ1v) is 8.29. The van der Waals surface area contributed by atoms with Crippen LogP contribution in [0.2, 0.25) is 0 Å². The minimum atomic E-state index is -0.491. The third kappa shape index (κ3) is 10.2. The van der Waals surface area contributed by atoms with Gasteiger partial charge in [0.25, 0.3) is 0 Å². The van der Waals surface area contributed by atoms with Gasteiger partial charge in [-0.25, -0.2) is 0 Å². The minimum absolute atomic E-state index is 0.444. The zero-order valence-corrected chi connectivity index (χ0v) is 14.7. The molecule has 2 amide bonds. The van der Waals surface area contributed by atoms with Gasteiger partial charge in [0, 0.05) is 27.7 Å². The number of unbranched alkanes of at least 4 members (excludes halogenated alkanes) is 6. The van der Waals surface area contributed by atoms with Crippen molar-refractivity contribution in [1.29, 1.82) is 0 Å². The van der Waals surface area contributed by atoms with E-state index in [-0.39, 0.29) is 0 Å². The summed E-state index contributed by atoms with van der Waals surface area (Å²) in [7, 11) is 4.79. The molecule has 0 aromatic carbocycles. The van der Waals surface area contributed by atoms with E-state index >= 15 is 0 Å². The third-order valence-electron chi connectivity index (χ3n) is 3.42. The molecule has 0 fully saturated rings. The van der Waals surface area contributed by atoms with Crippen LogP contribution >= 0.6 is 0 Å². The average molecular weight is 308 g/mol. The molecule has 0 aromatic heterocycles. The number of rotatable bonds is 10. The number of allylic oxidation sites excluding steroid dienone is 3. The Bertz CT molecular complexity index is 373. The fourth-order valence-corrected chi connectivity index (χ4v) is 1.95. The molecule has 0 aromatic rings. The van der Waals surface area contributed by atoms with Crippen molar-refractivity contribution in [3.8, 4) is 0 Å². The normalized spacial score (nSPS) is 11.3. The van der Waals surface area contributed by atoms with Gasteiger partial charge in [-0.05, 0) is 12.8 Å². The Morgan fingerprint density at radius 2 is 1.41 bits per heavy atom. The Kier molecular flexibility index (Phi) is 12.2. The van der Waals surface area contributed by atoms with E-state index in [1.54, 1.807) is 21.1 Å². The van der Waals surface area contributed by atoms with Crippen LogP contribution in [0.1, 0.15) is 51.9 Å². The van der Waals surface area contributed by atoms with Crippen LogP contribution in [0.3, 0.4) is 0 Å². The van der Waals surface area contributed by atoms with Gasteiger partial charge in [-0.1, -0.05) is 63.3 Å². The molecule has 0 aliphatic rings.